The highest BCUT2D eigenvalue weighted by atomic mass is 16.3. The van der Waals surface area contributed by atoms with Crippen molar-refractivity contribution in [3.8, 4) is 11.6 Å². The Hall–Kier alpha value is -3.62. The molecule has 2 aromatic rings. The Bertz CT molecular complexity index is 987. The number of H-pyrrole nitrogens is 1. The van der Waals surface area contributed by atoms with E-state index in [1.807, 2.05) is 0 Å². The fourth-order valence-corrected chi connectivity index (χ4v) is 2.27. The van der Waals surface area contributed by atoms with E-state index in [1.165, 1.54) is 18.2 Å². The number of hydrazone groups is 1. The molecule has 1 heterocycles. The summed E-state index contributed by atoms with van der Waals surface area (Å²) >= 11 is 0. The van der Waals surface area contributed by atoms with Crippen molar-refractivity contribution in [2.24, 2.45) is 5.10 Å². The highest BCUT2D eigenvalue weighted by Crippen LogP contribution is 2.16. The van der Waals surface area contributed by atoms with Crippen molar-refractivity contribution >= 4 is 11.6 Å². The highest BCUT2D eigenvalue weighted by Gasteiger charge is 2.18. The minimum atomic E-state index is -0.829. The van der Waals surface area contributed by atoms with Gasteiger partial charge in [0.1, 0.15) is 11.3 Å². The van der Waals surface area contributed by atoms with Gasteiger partial charge in [-0.25, -0.2) is 10.2 Å². The molecule has 0 aliphatic carbocycles. The van der Waals surface area contributed by atoms with Crippen molar-refractivity contribution < 1.29 is 15.0 Å². The zero-order valence-electron chi connectivity index (χ0n) is 14.0. The first-order valence-corrected chi connectivity index (χ1v) is 7.72. The first-order valence-electron chi connectivity index (χ1n) is 7.72. The fourth-order valence-electron chi connectivity index (χ4n) is 2.27. The Morgan fingerprint density at radius 3 is 2.65 bits per heavy atom. The number of rotatable bonds is 6. The predicted octanol–water partition coefficient (Wildman–Crippen LogP) is 0.678. The normalized spacial score (nSPS) is 11.2. The van der Waals surface area contributed by atoms with Gasteiger partial charge in [-0.15, -0.1) is 6.58 Å². The molecule has 26 heavy (non-hydrogen) atoms. The highest BCUT2D eigenvalue weighted by molar-refractivity contribution is 6.03. The van der Waals surface area contributed by atoms with Crippen molar-refractivity contribution in [2.45, 2.75) is 19.9 Å². The van der Waals surface area contributed by atoms with Gasteiger partial charge in [-0.3, -0.25) is 19.1 Å². The Balaban J connectivity index is 2.44. The summed E-state index contributed by atoms with van der Waals surface area (Å²) in [5, 5.41) is 23.8. The smallest absolute Gasteiger partial charge is 0.331 e. The van der Waals surface area contributed by atoms with Crippen LogP contribution in [-0.2, 0) is 6.54 Å². The number of phenols is 1. The summed E-state index contributed by atoms with van der Waals surface area (Å²) < 4.78 is 0.916. The van der Waals surface area contributed by atoms with E-state index in [0.717, 1.165) is 4.57 Å². The quantitative estimate of drug-likeness (QED) is 0.342. The van der Waals surface area contributed by atoms with E-state index >= 15 is 0 Å². The van der Waals surface area contributed by atoms with Gasteiger partial charge in [-0.05, 0) is 18.6 Å². The Morgan fingerprint density at radius 1 is 1.35 bits per heavy atom. The molecule has 4 N–H and O–H groups in total. The van der Waals surface area contributed by atoms with E-state index in [9.17, 15) is 24.6 Å². The molecule has 0 fully saturated rings. The molecule has 136 valence electrons. The van der Waals surface area contributed by atoms with E-state index in [0.29, 0.717) is 0 Å². The molecule has 0 aliphatic heterocycles. The van der Waals surface area contributed by atoms with Crippen LogP contribution < -0.4 is 16.7 Å². The lowest BCUT2D eigenvalue weighted by atomic mass is 10.1. The van der Waals surface area contributed by atoms with Crippen LogP contribution in [-0.4, -0.2) is 31.4 Å². The second kappa shape index (κ2) is 7.97. The molecular weight excluding hydrogens is 340 g/mol. The Morgan fingerprint density at radius 2 is 2.04 bits per heavy atom. The first kappa shape index (κ1) is 18.7. The summed E-state index contributed by atoms with van der Waals surface area (Å²) in [6, 6.07) is 5.88. The topological polar surface area (TPSA) is 137 Å². The molecule has 0 unspecified atom stereocenters. The first-order chi connectivity index (χ1) is 12.4. The monoisotopic (exact) mass is 358 g/mol. The summed E-state index contributed by atoms with van der Waals surface area (Å²) in [5.74, 6) is -1.49. The van der Waals surface area contributed by atoms with Gasteiger partial charge in [0.05, 0.1) is 11.3 Å². The molecule has 1 aromatic carbocycles. The number of aromatic hydroxyl groups is 2. The van der Waals surface area contributed by atoms with Crippen LogP contribution in [0.3, 0.4) is 0 Å². The number of allylic oxidation sites excluding steroid dienone is 1. The number of nitrogens with zero attached hydrogens (tertiary/aromatic N) is 2. The van der Waals surface area contributed by atoms with Crippen molar-refractivity contribution in [1.29, 1.82) is 0 Å². The molecule has 2 rings (SSSR count). The average Bonchev–Trinajstić information content (AvgIpc) is 2.61. The Kier molecular flexibility index (Phi) is 5.74. The van der Waals surface area contributed by atoms with E-state index in [4.69, 9.17) is 0 Å². The van der Waals surface area contributed by atoms with Crippen LogP contribution in [0.25, 0.3) is 0 Å². The maximum absolute atomic E-state index is 12.1. The number of para-hydroxylation sites is 1. The zero-order valence-corrected chi connectivity index (χ0v) is 14.0. The van der Waals surface area contributed by atoms with Crippen LogP contribution in [0.5, 0.6) is 11.6 Å². The predicted molar refractivity (Wildman–Crippen MR) is 95.6 cm³/mol. The molecule has 0 atom stereocenters. The summed E-state index contributed by atoms with van der Waals surface area (Å²) in [4.78, 5) is 38.1. The third kappa shape index (κ3) is 3.72. The van der Waals surface area contributed by atoms with Gasteiger partial charge >= 0.3 is 5.69 Å². The van der Waals surface area contributed by atoms with Crippen molar-refractivity contribution in [3.63, 3.8) is 0 Å². The molecule has 0 spiro atoms. The number of nitrogens with one attached hydrogen (secondary N) is 2. The third-order valence-corrected chi connectivity index (χ3v) is 3.55. The van der Waals surface area contributed by atoms with Gasteiger partial charge in [0.2, 0.25) is 5.88 Å². The molecular formula is C17H18N4O5. The van der Waals surface area contributed by atoms with Crippen molar-refractivity contribution in [1.82, 2.24) is 15.0 Å². The van der Waals surface area contributed by atoms with Gasteiger partial charge in [-0.2, -0.15) is 5.10 Å². The lowest BCUT2D eigenvalue weighted by Gasteiger charge is -2.11. The summed E-state index contributed by atoms with van der Waals surface area (Å²) in [5.41, 5.74) is 0.444. The lowest BCUT2D eigenvalue weighted by Crippen LogP contribution is -2.34. The second-order valence-electron chi connectivity index (χ2n) is 5.23. The van der Waals surface area contributed by atoms with Crippen molar-refractivity contribution in [2.75, 3.05) is 0 Å². The molecule has 1 amide bonds. The van der Waals surface area contributed by atoms with Crippen LogP contribution in [0, 0.1) is 0 Å². The number of phenolic OH excluding ortho intramolecular Hbond substituents is 1. The van der Waals surface area contributed by atoms with Gasteiger partial charge in [-0.1, -0.05) is 25.1 Å². The number of benzene rings is 1. The molecule has 0 saturated carbocycles. The number of hydrogen-bond donors (Lipinski definition) is 4. The third-order valence-electron chi connectivity index (χ3n) is 3.55. The lowest BCUT2D eigenvalue weighted by molar-refractivity contribution is 0.0952. The maximum Gasteiger partial charge on any atom is 0.331 e. The number of aromatic nitrogens is 2. The molecule has 1 aromatic heterocycles. The van der Waals surface area contributed by atoms with E-state index < -0.39 is 23.0 Å². The number of aromatic amines is 1. The number of carbonyl (C=O) groups is 1. The number of amides is 1. The Labute approximate surface area is 147 Å². The largest absolute Gasteiger partial charge is 0.507 e. The van der Waals surface area contributed by atoms with Gasteiger partial charge in [0.15, 0.2) is 0 Å². The van der Waals surface area contributed by atoms with E-state index in [-0.39, 0.29) is 35.6 Å². The zero-order chi connectivity index (χ0) is 19.3. The molecule has 0 aliphatic rings. The summed E-state index contributed by atoms with van der Waals surface area (Å²) in [6.07, 6.45) is 1.57. The summed E-state index contributed by atoms with van der Waals surface area (Å²) in [6.45, 7) is 5.12. The summed E-state index contributed by atoms with van der Waals surface area (Å²) in [7, 11) is 0. The standard InChI is InChI=1S/C17H18N4O5/c1-3-9-21-16(25)13(15(24)18-17(21)26)11(4-2)19-20-14(23)10-7-5-6-8-12(10)22/h3,5-8,22,25H,1,4,9H2,2H3,(H,20,23)(H,18,24,26). The van der Waals surface area contributed by atoms with Crippen LogP contribution >= 0.6 is 0 Å². The van der Waals surface area contributed by atoms with E-state index in [1.54, 1.807) is 19.1 Å². The molecule has 0 bridgehead atoms. The maximum atomic E-state index is 12.1. The molecule has 9 heteroatoms. The fraction of sp³-hybridized carbons (Fsp3) is 0.176. The minimum absolute atomic E-state index is 0.00135. The van der Waals surface area contributed by atoms with E-state index in [2.05, 4.69) is 22.1 Å². The molecule has 0 saturated heterocycles. The average molecular weight is 358 g/mol. The van der Waals surface area contributed by atoms with Gasteiger partial charge in [0, 0.05) is 6.54 Å². The van der Waals surface area contributed by atoms with Gasteiger partial charge in [0.25, 0.3) is 11.5 Å². The van der Waals surface area contributed by atoms with Crippen LogP contribution in [0.4, 0.5) is 0 Å². The number of carbonyl (C=O) groups excluding carboxylic acids is 1. The van der Waals surface area contributed by atoms with Crippen LogP contribution in [0.1, 0.15) is 29.3 Å². The second-order valence-corrected chi connectivity index (χ2v) is 5.23. The molecule has 9 nitrogen and oxygen atoms in total. The van der Waals surface area contributed by atoms with Crippen LogP contribution in [0.15, 0.2) is 51.6 Å². The van der Waals surface area contributed by atoms with Gasteiger partial charge < -0.3 is 10.2 Å². The number of hydrogen-bond acceptors (Lipinski definition) is 6. The SMILES string of the molecule is C=CCn1c(O)c(C(CC)=NNC(=O)c2ccccc2O)c(=O)[nH]c1=O. The molecule has 0 radical (unpaired) electrons. The van der Waals surface area contributed by atoms with Crippen LogP contribution in [0.2, 0.25) is 0 Å². The minimum Gasteiger partial charge on any atom is -0.507 e. The van der Waals surface area contributed by atoms with Crippen molar-refractivity contribution in [3.05, 3.63) is 68.9 Å².